The van der Waals surface area contributed by atoms with E-state index in [2.05, 4.69) is 24.1 Å². The monoisotopic (exact) mass is 266 g/mol. The summed E-state index contributed by atoms with van der Waals surface area (Å²) in [5.74, 6) is 0.958. The summed E-state index contributed by atoms with van der Waals surface area (Å²) in [5.41, 5.74) is 0. The molecule has 0 aromatic carbocycles. The Labute approximate surface area is 115 Å². The quantitative estimate of drug-likeness (QED) is 0.843. The second-order valence-electron chi connectivity index (χ2n) is 6.45. The molecule has 2 heterocycles. The number of rotatable bonds is 4. The van der Waals surface area contributed by atoms with Crippen molar-refractivity contribution in [2.24, 2.45) is 5.92 Å². The highest BCUT2D eigenvalue weighted by atomic mass is 16.2. The Bertz CT molecular complexity index is 338. The van der Waals surface area contributed by atoms with Gasteiger partial charge in [0.2, 0.25) is 5.91 Å². The molecule has 2 rings (SSSR count). The molecule has 2 aliphatic heterocycles. The zero-order valence-electron chi connectivity index (χ0n) is 12.3. The molecule has 2 bridgehead atoms. The minimum atomic E-state index is -0.109. The zero-order valence-corrected chi connectivity index (χ0v) is 12.3. The largest absolute Gasteiger partial charge is 0.354 e. The van der Waals surface area contributed by atoms with Crippen molar-refractivity contribution >= 4 is 11.7 Å². The number of nitrogens with one attached hydrogen (secondary N) is 1. The summed E-state index contributed by atoms with van der Waals surface area (Å²) in [6.45, 7) is 6.90. The maximum atomic E-state index is 12.2. The fraction of sp³-hybridized carbons (Fsp3) is 0.867. The maximum absolute atomic E-state index is 12.2. The summed E-state index contributed by atoms with van der Waals surface area (Å²) < 4.78 is 0. The number of carbonyl (C=O) groups is 2. The number of amides is 1. The van der Waals surface area contributed by atoms with Gasteiger partial charge in [0.25, 0.3) is 0 Å². The van der Waals surface area contributed by atoms with Crippen molar-refractivity contribution in [3.8, 4) is 0 Å². The summed E-state index contributed by atoms with van der Waals surface area (Å²) >= 11 is 0. The topological polar surface area (TPSA) is 49.4 Å². The van der Waals surface area contributed by atoms with Gasteiger partial charge >= 0.3 is 0 Å². The van der Waals surface area contributed by atoms with Crippen LogP contribution >= 0.6 is 0 Å². The summed E-state index contributed by atoms with van der Waals surface area (Å²) in [7, 11) is 0. The standard InChI is InChI=1S/C15H26N2O2/c1-10(2)9-16-15(19)11(3)17-12-5-4-6-13(17)8-14(18)7-12/h10-13H,4-9H2,1-3H3,(H,16,19). The summed E-state index contributed by atoms with van der Waals surface area (Å²) in [4.78, 5) is 26.2. The Morgan fingerprint density at radius 1 is 1.26 bits per heavy atom. The van der Waals surface area contributed by atoms with Crippen LogP contribution in [0.2, 0.25) is 0 Å². The van der Waals surface area contributed by atoms with Crippen LogP contribution in [0.1, 0.15) is 52.9 Å². The Hall–Kier alpha value is -0.900. The van der Waals surface area contributed by atoms with Crippen molar-refractivity contribution < 1.29 is 9.59 Å². The number of fused-ring (bicyclic) bond motifs is 2. The Morgan fingerprint density at radius 2 is 1.84 bits per heavy atom. The van der Waals surface area contributed by atoms with Crippen molar-refractivity contribution in [1.82, 2.24) is 10.2 Å². The van der Waals surface area contributed by atoms with Gasteiger partial charge in [-0.3, -0.25) is 14.5 Å². The van der Waals surface area contributed by atoms with Crippen LogP contribution in [0.4, 0.5) is 0 Å². The van der Waals surface area contributed by atoms with E-state index in [1.165, 1.54) is 6.42 Å². The highest BCUT2D eigenvalue weighted by Gasteiger charge is 2.41. The molecule has 2 saturated heterocycles. The highest BCUT2D eigenvalue weighted by molar-refractivity contribution is 5.83. The van der Waals surface area contributed by atoms with Crippen LogP contribution in [-0.2, 0) is 9.59 Å². The van der Waals surface area contributed by atoms with Crippen LogP contribution in [0.25, 0.3) is 0 Å². The van der Waals surface area contributed by atoms with Crippen molar-refractivity contribution in [3.63, 3.8) is 0 Å². The van der Waals surface area contributed by atoms with E-state index < -0.39 is 0 Å². The predicted octanol–water partition coefficient (Wildman–Crippen LogP) is 1.73. The van der Waals surface area contributed by atoms with Gasteiger partial charge in [0.1, 0.15) is 5.78 Å². The second-order valence-corrected chi connectivity index (χ2v) is 6.45. The van der Waals surface area contributed by atoms with Gasteiger partial charge in [0, 0.05) is 31.5 Å². The van der Waals surface area contributed by atoms with Crippen LogP contribution in [0, 0.1) is 5.92 Å². The minimum Gasteiger partial charge on any atom is -0.354 e. The van der Waals surface area contributed by atoms with Gasteiger partial charge in [0.05, 0.1) is 6.04 Å². The van der Waals surface area contributed by atoms with Gasteiger partial charge in [0.15, 0.2) is 0 Å². The fourth-order valence-electron chi connectivity index (χ4n) is 3.43. The van der Waals surface area contributed by atoms with Gasteiger partial charge < -0.3 is 5.32 Å². The second kappa shape index (κ2) is 6.04. The zero-order chi connectivity index (χ0) is 14.0. The number of ketones is 1. The van der Waals surface area contributed by atoms with Crippen LogP contribution in [0.5, 0.6) is 0 Å². The lowest BCUT2D eigenvalue weighted by Crippen LogP contribution is -2.59. The summed E-state index contributed by atoms with van der Waals surface area (Å²) in [6, 6.07) is 0.474. The average Bonchev–Trinajstić information content (AvgIpc) is 2.33. The molecule has 108 valence electrons. The van der Waals surface area contributed by atoms with Gasteiger partial charge in [-0.25, -0.2) is 0 Å². The number of carbonyl (C=O) groups excluding carboxylic acids is 2. The molecule has 19 heavy (non-hydrogen) atoms. The Morgan fingerprint density at radius 3 is 2.37 bits per heavy atom. The number of nitrogens with zero attached hydrogens (tertiary/aromatic N) is 1. The molecule has 1 amide bonds. The van der Waals surface area contributed by atoms with Gasteiger partial charge in [-0.05, 0) is 25.7 Å². The molecule has 2 fully saturated rings. The third-order valence-corrected chi connectivity index (χ3v) is 4.36. The Kier molecular flexibility index (Phi) is 4.61. The third-order valence-electron chi connectivity index (χ3n) is 4.36. The molecule has 3 atom stereocenters. The lowest BCUT2D eigenvalue weighted by molar-refractivity contribution is -0.137. The van der Waals surface area contributed by atoms with Crippen molar-refractivity contribution in [2.75, 3.05) is 6.54 Å². The van der Waals surface area contributed by atoms with Gasteiger partial charge in [-0.2, -0.15) is 0 Å². The molecule has 2 aliphatic rings. The average molecular weight is 266 g/mol. The van der Waals surface area contributed by atoms with E-state index in [1.54, 1.807) is 0 Å². The van der Waals surface area contributed by atoms with Crippen molar-refractivity contribution in [2.45, 2.75) is 71.0 Å². The minimum absolute atomic E-state index is 0.109. The van der Waals surface area contributed by atoms with Gasteiger partial charge in [-0.15, -0.1) is 0 Å². The lowest BCUT2D eigenvalue weighted by Gasteiger charge is -2.48. The summed E-state index contributed by atoms with van der Waals surface area (Å²) in [5, 5.41) is 3.01. The normalized spacial score (nSPS) is 29.4. The van der Waals surface area contributed by atoms with E-state index in [9.17, 15) is 9.59 Å². The number of hydrogen-bond acceptors (Lipinski definition) is 3. The number of hydrogen-bond donors (Lipinski definition) is 1. The van der Waals surface area contributed by atoms with E-state index in [-0.39, 0.29) is 11.9 Å². The third kappa shape index (κ3) is 3.35. The smallest absolute Gasteiger partial charge is 0.237 e. The maximum Gasteiger partial charge on any atom is 0.237 e. The van der Waals surface area contributed by atoms with Crippen LogP contribution in [0.15, 0.2) is 0 Å². The Balaban J connectivity index is 1.99. The molecule has 0 saturated carbocycles. The molecule has 4 heteroatoms. The first-order valence-electron chi connectivity index (χ1n) is 7.56. The van der Waals surface area contributed by atoms with Crippen molar-refractivity contribution in [1.29, 1.82) is 0 Å². The van der Waals surface area contributed by atoms with Crippen LogP contribution in [-0.4, -0.2) is 41.3 Å². The predicted molar refractivity (Wildman–Crippen MR) is 74.8 cm³/mol. The molecule has 1 N–H and O–H groups in total. The lowest BCUT2D eigenvalue weighted by atomic mass is 9.82. The first kappa shape index (κ1) is 14.5. The molecule has 0 aromatic heterocycles. The molecule has 3 unspecified atom stereocenters. The van der Waals surface area contributed by atoms with Crippen LogP contribution in [0.3, 0.4) is 0 Å². The van der Waals surface area contributed by atoms with E-state index in [1.807, 2.05) is 6.92 Å². The van der Waals surface area contributed by atoms with E-state index in [4.69, 9.17) is 0 Å². The van der Waals surface area contributed by atoms with E-state index in [0.29, 0.717) is 36.6 Å². The number of Topliss-reactive ketones (excluding diaryl/α,β-unsaturated/α-hetero) is 1. The molecule has 0 aromatic rings. The van der Waals surface area contributed by atoms with E-state index in [0.717, 1.165) is 19.4 Å². The molecule has 0 spiro atoms. The molecular weight excluding hydrogens is 240 g/mol. The first-order chi connectivity index (χ1) is 8.99. The highest BCUT2D eigenvalue weighted by Crippen LogP contribution is 2.33. The summed E-state index contributed by atoms with van der Waals surface area (Å²) in [6.07, 6.45) is 4.59. The van der Waals surface area contributed by atoms with Crippen molar-refractivity contribution in [3.05, 3.63) is 0 Å². The molecule has 0 aliphatic carbocycles. The van der Waals surface area contributed by atoms with Crippen LogP contribution < -0.4 is 5.32 Å². The van der Waals surface area contributed by atoms with E-state index >= 15 is 0 Å². The first-order valence-corrected chi connectivity index (χ1v) is 7.56. The molecular formula is C15H26N2O2. The molecule has 0 radical (unpaired) electrons. The SMILES string of the molecule is CC(C)CNC(=O)C(C)N1C2CCCC1CC(=O)C2. The van der Waals surface area contributed by atoms with Gasteiger partial charge in [-0.1, -0.05) is 20.3 Å². The molecule has 4 nitrogen and oxygen atoms in total. The number of piperidine rings is 2. The fourth-order valence-corrected chi connectivity index (χ4v) is 3.43.